The van der Waals surface area contributed by atoms with E-state index in [-0.39, 0.29) is 0 Å². The molecular weight excluding hydrogens is 266 g/mol. The number of nitrogens with one attached hydrogen (secondary N) is 1. The Bertz CT molecular complexity index is 567. The molecule has 0 bridgehead atoms. The van der Waals surface area contributed by atoms with Gasteiger partial charge in [0.1, 0.15) is 5.82 Å². The first-order chi connectivity index (χ1) is 10.4. The van der Waals surface area contributed by atoms with E-state index in [1.807, 2.05) is 12.1 Å². The molecule has 7 nitrogen and oxygen atoms in total. The smallest absolute Gasteiger partial charge is 0.200 e. The first-order valence-corrected chi connectivity index (χ1v) is 7.90. The summed E-state index contributed by atoms with van der Waals surface area (Å²) in [6.45, 7) is 5.63. The van der Waals surface area contributed by atoms with Gasteiger partial charge in [-0.2, -0.15) is 0 Å². The minimum absolute atomic E-state index is 0.608. The lowest BCUT2D eigenvalue weighted by Crippen LogP contribution is -2.44. The van der Waals surface area contributed by atoms with Crippen LogP contribution >= 0.6 is 0 Å². The molecule has 1 N–H and O–H groups in total. The molecule has 0 aliphatic carbocycles. The van der Waals surface area contributed by atoms with Crippen molar-refractivity contribution in [2.45, 2.75) is 45.1 Å². The van der Waals surface area contributed by atoms with Gasteiger partial charge >= 0.3 is 0 Å². The third-order valence-corrected chi connectivity index (χ3v) is 4.14. The van der Waals surface area contributed by atoms with Gasteiger partial charge in [-0.1, -0.05) is 19.8 Å². The van der Waals surface area contributed by atoms with Crippen LogP contribution in [0.25, 0.3) is 5.65 Å². The van der Waals surface area contributed by atoms with E-state index in [4.69, 9.17) is 0 Å². The summed E-state index contributed by atoms with van der Waals surface area (Å²) < 4.78 is 1.46. The van der Waals surface area contributed by atoms with Gasteiger partial charge in [0.25, 0.3) is 0 Å². The van der Waals surface area contributed by atoms with E-state index >= 15 is 0 Å². The lowest BCUT2D eigenvalue weighted by atomic mass is 10.0. The summed E-state index contributed by atoms with van der Waals surface area (Å²) in [5.41, 5.74) is 0.669. The molecule has 1 fully saturated rings. The topological polar surface area (TPSA) is 71.2 Å². The van der Waals surface area contributed by atoms with Crippen molar-refractivity contribution in [3.05, 3.63) is 12.1 Å². The predicted octanol–water partition coefficient (Wildman–Crippen LogP) is 1.59. The fourth-order valence-electron chi connectivity index (χ4n) is 2.91. The first kappa shape index (κ1) is 14.2. The normalized spacial score (nSPS) is 20.0. The van der Waals surface area contributed by atoms with Crippen molar-refractivity contribution in [3.8, 4) is 0 Å². The molecule has 2 aromatic heterocycles. The molecule has 2 aromatic rings. The molecule has 1 aliphatic heterocycles. The fraction of sp³-hybridized carbons (Fsp3) is 0.714. The minimum Gasteiger partial charge on any atom is -0.367 e. The lowest BCUT2D eigenvalue weighted by molar-refractivity contribution is 0.154. The van der Waals surface area contributed by atoms with E-state index in [0.717, 1.165) is 12.4 Å². The molecule has 0 aromatic carbocycles. The average Bonchev–Trinajstić information content (AvgIpc) is 2.99. The molecule has 0 spiro atoms. The summed E-state index contributed by atoms with van der Waals surface area (Å²) in [4.78, 5) is 2.62. The standard InChI is InChI=1S/C14H23N7/c1-2-3-9-20-10-5-4-6-12(20)11-15-13-7-8-14-16-18-19-21(14)17-13/h7-8,12H,2-6,9-11H2,1H3,(H,15,17)/t12-/m0/s1. The Morgan fingerprint density at radius 1 is 1.33 bits per heavy atom. The molecule has 0 radical (unpaired) electrons. The number of piperidine rings is 1. The Kier molecular flexibility index (Phi) is 4.59. The molecule has 0 saturated carbocycles. The molecule has 3 heterocycles. The Morgan fingerprint density at radius 2 is 2.29 bits per heavy atom. The van der Waals surface area contributed by atoms with Gasteiger partial charge in [-0.15, -0.1) is 14.8 Å². The Hall–Kier alpha value is -1.76. The molecule has 0 amide bonds. The van der Waals surface area contributed by atoms with Crippen LogP contribution in [0.3, 0.4) is 0 Å². The van der Waals surface area contributed by atoms with Gasteiger partial charge in [0.2, 0.25) is 0 Å². The highest BCUT2D eigenvalue weighted by atomic mass is 15.6. The monoisotopic (exact) mass is 289 g/mol. The zero-order valence-corrected chi connectivity index (χ0v) is 12.6. The van der Waals surface area contributed by atoms with Crippen LogP contribution in [0.2, 0.25) is 0 Å². The van der Waals surface area contributed by atoms with Crippen LogP contribution in [-0.2, 0) is 0 Å². The predicted molar refractivity (Wildman–Crippen MR) is 81.2 cm³/mol. The highest BCUT2D eigenvalue weighted by Gasteiger charge is 2.21. The van der Waals surface area contributed by atoms with Gasteiger partial charge in [-0.05, 0) is 54.9 Å². The number of likely N-dealkylation sites (tertiary alicyclic amines) is 1. The van der Waals surface area contributed by atoms with Crippen LogP contribution in [0.15, 0.2) is 12.1 Å². The second-order valence-corrected chi connectivity index (χ2v) is 5.67. The van der Waals surface area contributed by atoms with E-state index in [9.17, 15) is 0 Å². The first-order valence-electron chi connectivity index (χ1n) is 7.90. The van der Waals surface area contributed by atoms with Crippen molar-refractivity contribution in [3.63, 3.8) is 0 Å². The van der Waals surface area contributed by atoms with Crippen molar-refractivity contribution in [2.75, 3.05) is 25.0 Å². The summed E-state index contributed by atoms with van der Waals surface area (Å²) in [5, 5.41) is 19.1. The molecule has 21 heavy (non-hydrogen) atoms. The molecule has 114 valence electrons. The van der Waals surface area contributed by atoms with Gasteiger partial charge in [0.05, 0.1) is 0 Å². The molecular formula is C14H23N7. The van der Waals surface area contributed by atoms with Crippen LogP contribution < -0.4 is 5.32 Å². The van der Waals surface area contributed by atoms with Crippen molar-refractivity contribution in [1.29, 1.82) is 0 Å². The summed E-state index contributed by atoms with van der Waals surface area (Å²) in [6, 6.07) is 4.42. The van der Waals surface area contributed by atoms with Crippen LogP contribution in [-0.4, -0.2) is 55.8 Å². The molecule has 3 rings (SSSR count). The zero-order chi connectivity index (χ0) is 14.5. The number of hydrogen-bond donors (Lipinski definition) is 1. The van der Waals surface area contributed by atoms with Crippen LogP contribution in [0.1, 0.15) is 39.0 Å². The molecule has 1 atom stereocenters. The van der Waals surface area contributed by atoms with Gasteiger partial charge in [0, 0.05) is 12.6 Å². The Labute approximate surface area is 124 Å². The Balaban J connectivity index is 1.59. The highest BCUT2D eigenvalue weighted by Crippen LogP contribution is 2.18. The highest BCUT2D eigenvalue weighted by molar-refractivity contribution is 5.42. The van der Waals surface area contributed by atoms with Gasteiger partial charge in [-0.3, -0.25) is 4.90 Å². The van der Waals surface area contributed by atoms with E-state index in [1.54, 1.807) is 0 Å². The molecule has 0 unspecified atom stereocenters. The number of tetrazole rings is 1. The average molecular weight is 289 g/mol. The van der Waals surface area contributed by atoms with Crippen LogP contribution in [0.5, 0.6) is 0 Å². The van der Waals surface area contributed by atoms with Crippen LogP contribution in [0.4, 0.5) is 5.82 Å². The molecule has 1 saturated heterocycles. The van der Waals surface area contributed by atoms with E-state index in [1.165, 1.54) is 49.8 Å². The number of fused-ring (bicyclic) bond motifs is 1. The zero-order valence-electron chi connectivity index (χ0n) is 12.6. The number of nitrogens with zero attached hydrogens (tertiary/aromatic N) is 6. The summed E-state index contributed by atoms with van der Waals surface area (Å²) >= 11 is 0. The maximum atomic E-state index is 4.36. The fourth-order valence-corrected chi connectivity index (χ4v) is 2.91. The lowest BCUT2D eigenvalue weighted by Gasteiger charge is -2.35. The summed E-state index contributed by atoms with van der Waals surface area (Å²) in [5.74, 6) is 0.829. The third-order valence-electron chi connectivity index (χ3n) is 4.14. The van der Waals surface area contributed by atoms with Crippen molar-refractivity contribution in [2.24, 2.45) is 0 Å². The number of aromatic nitrogens is 5. The van der Waals surface area contributed by atoms with Gasteiger partial charge < -0.3 is 5.32 Å². The van der Waals surface area contributed by atoms with Crippen molar-refractivity contribution >= 4 is 11.5 Å². The quantitative estimate of drug-likeness (QED) is 0.870. The van der Waals surface area contributed by atoms with E-state index in [2.05, 4.69) is 37.8 Å². The van der Waals surface area contributed by atoms with Gasteiger partial charge in [-0.25, -0.2) is 0 Å². The number of hydrogen-bond acceptors (Lipinski definition) is 6. The summed E-state index contributed by atoms with van der Waals surface area (Å²) in [7, 11) is 0. The second kappa shape index (κ2) is 6.80. The summed E-state index contributed by atoms with van der Waals surface area (Å²) in [6.07, 6.45) is 6.47. The Morgan fingerprint density at radius 3 is 3.19 bits per heavy atom. The number of rotatable bonds is 6. The van der Waals surface area contributed by atoms with Crippen molar-refractivity contribution in [1.82, 2.24) is 30.2 Å². The maximum absolute atomic E-state index is 4.36. The van der Waals surface area contributed by atoms with Crippen molar-refractivity contribution < 1.29 is 0 Å². The second-order valence-electron chi connectivity index (χ2n) is 5.67. The van der Waals surface area contributed by atoms with Gasteiger partial charge in [0.15, 0.2) is 5.65 Å². The van der Waals surface area contributed by atoms with E-state index < -0.39 is 0 Å². The number of unbranched alkanes of at least 4 members (excludes halogenated alkanes) is 1. The molecule has 1 aliphatic rings. The third kappa shape index (κ3) is 3.47. The minimum atomic E-state index is 0.608. The molecule has 7 heteroatoms. The SMILES string of the molecule is CCCCN1CCCC[C@H]1CNc1ccc2nnnn2n1. The maximum Gasteiger partial charge on any atom is 0.200 e. The van der Waals surface area contributed by atoms with Crippen LogP contribution in [0, 0.1) is 0 Å². The largest absolute Gasteiger partial charge is 0.367 e. The number of anilines is 1. The van der Waals surface area contributed by atoms with E-state index in [0.29, 0.717) is 11.7 Å².